The first kappa shape index (κ1) is 20.6. The quantitative estimate of drug-likeness (QED) is 0.637. The molecule has 2 aliphatic rings. The largest absolute Gasteiger partial charge is 0.367 e. The van der Waals surface area contributed by atoms with Crippen molar-refractivity contribution in [3.63, 3.8) is 0 Å². The fourth-order valence-corrected chi connectivity index (χ4v) is 5.06. The van der Waals surface area contributed by atoms with E-state index in [1.807, 2.05) is 29.2 Å². The van der Waals surface area contributed by atoms with E-state index in [9.17, 15) is 4.79 Å². The van der Waals surface area contributed by atoms with Crippen molar-refractivity contribution in [2.24, 2.45) is 0 Å². The lowest BCUT2D eigenvalue weighted by molar-refractivity contribution is -0.114. The first-order chi connectivity index (χ1) is 14.0. The van der Waals surface area contributed by atoms with Gasteiger partial charge in [0.25, 0.3) is 5.91 Å². The Labute approximate surface area is 186 Å². The molecule has 0 aliphatic carbocycles. The first-order valence-electron chi connectivity index (χ1n) is 9.67. The van der Waals surface area contributed by atoms with Gasteiger partial charge in [-0.1, -0.05) is 53.5 Å². The third-order valence-corrected chi connectivity index (χ3v) is 7.08. The first-order valence-corrected chi connectivity index (χ1v) is 11.4. The van der Waals surface area contributed by atoms with Gasteiger partial charge in [0.2, 0.25) is 0 Å². The molecule has 0 aromatic heterocycles. The number of hydrogen-bond donors (Lipinski definition) is 0. The second-order valence-corrected chi connectivity index (χ2v) is 9.16. The number of benzene rings is 2. The minimum absolute atomic E-state index is 0.0254. The summed E-state index contributed by atoms with van der Waals surface area (Å²) >= 11 is 13.9. The molecule has 0 spiro atoms. The molecule has 0 N–H and O–H groups in total. The summed E-state index contributed by atoms with van der Waals surface area (Å²) in [7, 11) is 2.14. The molecule has 2 heterocycles. The van der Waals surface area contributed by atoms with E-state index in [1.54, 1.807) is 23.9 Å². The molecular weight excluding hydrogens is 425 g/mol. The van der Waals surface area contributed by atoms with Crippen LogP contribution in [0.25, 0.3) is 5.70 Å². The molecule has 2 aromatic rings. The highest BCUT2D eigenvalue weighted by Gasteiger charge is 2.31. The Kier molecular flexibility index (Phi) is 6.40. The summed E-state index contributed by atoms with van der Waals surface area (Å²) in [5.74, 6) is 0.864. The van der Waals surface area contributed by atoms with E-state index in [-0.39, 0.29) is 5.91 Å². The standard InChI is InChI=1S/C22H23Cl2N3OS/c1-25-9-11-26(12-10-25)20(16-5-3-2-4-6-16)21-22(28)27(13-14-29-21)17-7-8-18(23)19(24)15-17/h2-8,15H,9-14H2,1H3. The van der Waals surface area contributed by atoms with Gasteiger partial charge < -0.3 is 14.7 Å². The predicted molar refractivity (Wildman–Crippen MR) is 124 cm³/mol. The maximum atomic E-state index is 13.6. The van der Waals surface area contributed by atoms with E-state index < -0.39 is 0 Å². The van der Waals surface area contributed by atoms with Gasteiger partial charge in [0.1, 0.15) is 0 Å². The number of rotatable bonds is 3. The average Bonchev–Trinajstić information content (AvgIpc) is 2.74. The lowest BCUT2D eigenvalue weighted by Gasteiger charge is -2.38. The fourth-order valence-electron chi connectivity index (χ4n) is 3.68. The summed E-state index contributed by atoms with van der Waals surface area (Å²) < 4.78 is 0. The molecule has 2 aromatic carbocycles. The Morgan fingerprint density at radius 2 is 1.66 bits per heavy atom. The summed E-state index contributed by atoms with van der Waals surface area (Å²) in [6, 6.07) is 15.6. The third kappa shape index (κ3) is 4.43. The van der Waals surface area contributed by atoms with Gasteiger partial charge >= 0.3 is 0 Å². The average molecular weight is 448 g/mol. The summed E-state index contributed by atoms with van der Waals surface area (Å²) in [4.78, 5) is 20.9. The number of anilines is 1. The number of amides is 1. The van der Waals surface area contributed by atoms with Crippen LogP contribution in [-0.2, 0) is 4.79 Å². The van der Waals surface area contributed by atoms with Gasteiger partial charge in [-0.3, -0.25) is 4.79 Å². The minimum Gasteiger partial charge on any atom is -0.367 e. The van der Waals surface area contributed by atoms with Crippen molar-refractivity contribution in [2.45, 2.75) is 0 Å². The van der Waals surface area contributed by atoms with Gasteiger partial charge in [-0.05, 0) is 30.8 Å². The van der Waals surface area contributed by atoms with Crippen LogP contribution in [0.15, 0.2) is 53.4 Å². The molecule has 0 saturated carbocycles. The van der Waals surface area contributed by atoms with Gasteiger partial charge in [-0.25, -0.2) is 0 Å². The van der Waals surface area contributed by atoms with Gasteiger partial charge in [-0.15, -0.1) is 11.8 Å². The maximum Gasteiger partial charge on any atom is 0.266 e. The van der Waals surface area contributed by atoms with E-state index >= 15 is 0 Å². The van der Waals surface area contributed by atoms with Crippen molar-refractivity contribution in [3.05, 3.63) is 69.0 Å². The topological polar surface area (TPSA) is 26.8 Å². The Balaban J connectivity index is 1.75. The van der Waals surface area contributed by atoms with Crippen LogP contribution < -0.4 is 4.90 Å². The Morgan fingerprint density at radius 1 is 0.931 bits per heavy atom. The normalized spacial score (nSPS) is 20.2. The lowest BCUT2D eigenvalue weighted by atomic mass is 10.1. The molecule has 29 heavy (non-hydrogen) atoms. The monoisotopic (exact) mass is 447 g/mol. The summed E-state index contributed by atoms with van der Waals surface area (Å²) in [5.41, 5.74) is 2.91. The molecule has 2 fully saturated rings. The molecule has 4 nitrogen and oxygen atoms in total. The minimum atomic E-state index is 0.0254. The molecule has 2 aliphatic heterocycles. The van der Waals surface area contributed by atoms with E-state index in [1.165, 1.54) is 0 Å². The van der Waals surface area contributed by atoms with E-state index in [4.69, 9.17) is 23.2 Å². The molecule has 1 amide bonds. The number of nitrogens with zero attached hydrogens (tertiary/aromatic N) is 3. The number of thioether (sulfide) groups is 1. The maximum absolute atomic E-state index is 13.6. The predicted octanol–water partition coefficient (Wildman–Crippen LogP) is 4.69. The van der Waals surface area contributed by atoms with Crippen LogP contribution in [0.4, 0.5) is 5.69 Å². The SMILES string of the molecule is CN1CCN(C(=C2SCCN(c3ccc(Cl)c(Cl)c3)C2=O)c2ccccc2)CC1. The van der Waals surface area contributed by atoms with Crippen molar-refractivity contribution < 1.29 is 4.79 Å². The third-order valence-electron chi connectivity index (χ3n) is 5.30. The van der Waals surface area contributed by atoms with Crippen LogP contribution in [0.3, 0.4) is 0 Å². The zero-order valence-electron chi connectivity index (χ0n) is 16.3. The van der Waals surface area contributed by atoms with Crippen molar-refractivity contribution in [3.8, 4) is 0 Å². The molecule has 2 saturated heterocycles. The number of piperazine rings is 1. The molecule has 4 rings (SSSR count). The van der Waals surface area contributed by atoms with Crippen LogP contribution in [0.2, 0.25) is 10.0 Å². The van der Waals surface area contributed by atoms with E-state index in [0.717, 1.165) is 53.8 Å². The van der Waals surface area contributed by atoms with Gasteiger partial charge in [0.05, 0.1) is 20.6 Å². The second-order valence-electron chi connectivity index (χ2n) is 7.24. The van der Waals surface area contributed by atoms with E-state index in [0.29, 0.717) is 16.6 Å². The zero-order chi connectivity index (χ0) is 20.4. The Hall–Kier alpha value is -1.66. The molecule has 0 bridgehead atoms. The van der Waals surface area contributed by atoms with Crippen molar-refractivity contribution >= 4 is 52.3 Å². The smallest absolute Gasteiger partial charge is 0.266 e. The van der Waals surface area contributed by atoms with Crippen LogP contribution in [0.1, 0.15) is 5.56 Å². The highest BCUT2D eigenvalue weighted by Crippen LogP contribution is 2.37. The highest BCUT2D eigenvalue weighted by atomic mass is 35.5. The molecular formula is C22H23Cl2N3OS. The van der Waals surface area contributed by atoms with Gasteiger partial charge in [0.15, 0.2) is 0 Å². The summed E-state index contributed by atoms with van der Waals surface area (Å²) in [6.07, 6.45) is 0. The van der Waals surface area contributed by atoms with Crippen molar-refractivity contribution in [1.82, 2.24) is 9.80 Å². The fraction of sp³-hybridized carbons (Fsp3) is 0.318. The van der Waals surface area contributed by atoms with Gasteiger partial charge in [0, 0.05) is 44.2 Å². The van der Waals surface area contributed by atoms with Crippen LogP contribution in [-0.4, -0.2) is 61.2 Å². The van der Waals surface area contributed by atoms with Gasteiger partial charge in [-0.2, -0.15) is 0 Å². The number of carbonyl (C=O) groups excluding carboxylic acids is 1. The zero-order valence-corrected chi connectivity index (χ0v) is 18.6. The number of hydrogen-bond acceptors (Lipinski definition) is 4. The highest BCUT2D eigenvalue weighted by molar-refractivity contribution is 8.04. The van der Waals surface area contributed by atoms with Crippen LogP contribution in [0.5, 0.6) is 0 Å². The molecule has 7 heteroatoms. The molecule has 0 atom stereocenters. The number of carbonyl (C=O) groups is 1. The molecule has 0 unspecified atom stereocenters. The van der Waals surface area contributed by atoms with Crippen molar-refractivity contribution in [2.75, 3.05) is 50.4 Å². The number of halogens is 2. The Morgan fingerprint density at radius 3 is 2.34 bits per heavy atom. The summed E-state index contributed by atoms with van der Waals surface area (Å²) in [6.45, 7) is 4.43. The molecule has 0 radical (unpaired) electrons. The van der Waals surface area contributed by atoms with E-state index in [2.05, 4.69) is 29.0 Å². The Bertz CT molecular complexity index is 927. The van der Waals surface area contributed by atoms with Crippen LogP contribution in [0, 0.1) is 0 Å². The lowest BCUT2D eigenvalue weighted by Crippen LogP contribution is -2.45. The number of likely N-dealkylation sites (N-methyl/N-ethyl adjacent to an activating group) is 1. The van der Waals surface area contributed by atoms with Crippen LogP contribution >= 0.6 is 35.0 Å². The summed E-state index contributed by atoms with van der Waals surface area (Å²) in [5, 5.41) is 0.954. The van der Waals surface area contributed by atoms with Crippen molar-refractivity contribution in [1.29, 1.82) is 0 Å². The molecule has 152 valence electrons. The second kappa shape index (κ2) is 9.00.